The van der Waals surface area contributed by atoms with Crippen molar-refractivity contribution in [3.05, 3.63) is 36.5 Å². The highest BCUT2D eigenvalue weighted by Crippen LogP contribution is 2.23. The van der Waals surface area contributed by atoms with Crippen LogP contribution >= 0.6 is 0 Å². The molecule has 0 bridgehead atoms. The molecule has 1 atom stereocenters. The van der Waals surface area contributed by atoms with E-state index in [1.54, 1.807) is 6.20 Å². The van der Waals surface area contributed by atoms with Gasteiger partial charge >= 0.3 is 5.97 Å². The summed E-state index contributed by atoms with van der Waals surface area (Å²) in [5.74, 6) is 0.727. The Hall–Kier alpha value is -2.10. The van der Waals surface area contributed by atoms with E-state index in [-0.39, 0.29) is 11.9 Å². The van der Waals surface area contributed by atoms with Gasteiger partial charge < -0.3 is 9.47 Å². The normalized spacial score (nSPS) is 12.1. The number of hydrogen-bond donors (Lipinski definition) is 0. The number of nitrogens with zero attached hydrogens (tertiary/aromatic N) is 1. The van der Waals surface area contributed by atoms with Crippen molar-refractivity contribution < 1.29 is 14.3 Å². The first kappa shape index (κ1) is 16.3. The van der Waals surface area contributed by atoms with E-state index in [1.165, 1.54) is 0 Å². The molecule has 0 radical (unpaired) electrons. The SMILES string of the molecule is CCC(C)C(=O)OCCCCOc1cccc2ncccc12. The van der Waals surface area contributed by atoms with Crippen molar-refractivity contribution in [3.8, 4) is 5.75 Å². The maximum atomic E-state index is 11.5. The van der Waals surface area contributed by atoms with E-state index in [2.05, 4.69) is 4.98 Å². The summed E-state index contributed by atoms with van der Waals surface area (Å²) in [6.45, 7) is 4.94. The van der Waals surface area contributed by atoms with Gasteiger partial charge in [-0.05, 0) is 43.5 Å². The zero-order valence-electron chi connectivity index (χ0n) is 13.2. The average Bonchev–Trinajstić information content (AvgIpc) is 2.57. The van der Waals surface area contributed by atoms with Crippen LogP contribution in [0.5, 0.6) is 5.75 Å². The molecule has 118 valence electrons. The molecule has 0 aliphatic carbocycles. The summed E-state index contributed by atoms with van der Waals surface area (Å²) in [7, 11) is 0. The lowest BCUT2D eigenvalue weighted by Gasteiger charge is -2.10. The van der Waals surface area contributed by atoms with E-state index in [9.17, 15) is 4.79 Å². The third-order valence-corrected chi connectivity index (χ3v) is 3.66. The molecule has 22 heavy (non-hydrogen) atoms. The number of benzene rings is 1. The first-order valence-corrected chi connectivity index (χ1v) is 7.85. The minimum atomic E-state index is -0.108. The lowest BCUT2D eigenvalue weighted by Crippen LogP contribution is -2.14. The van der Waals surface area contributed by atoms with Crippen molar-refractivity contribution in [1.29, 1.82) is 0 Å². The number of esters is 1. The van der Waals surface area contributed by atoms with E-state index in [0.717, 1.165) is 35.9 Å². The lowest BCUT2D eigenvalue weighted by molar-refractivity contribution is -0.148. The molecule has 1 aromatic carbocycles. The van der Waals surface area contributed by atoms with Gasteiger partial charge in [0, 0.05) is 11.6 Å². The van der Waals surface area contributed by atoms with Gasteiger partial charge in [0.2, 0.25) is 0 Å². The van der Waals surface area contributed by atoms with E-state index >= 15 is 0 Å². The molecule has 2 rings (SSSR count). The molecule has 2 aromatic rings. The van der Waals surface area contributed by atoms with Crippen LogP contribution in [-0.4, -0.2) is 24.2 Å². The fraction of sp³-hybridized carbons (Fsp3) is 0.444. The van der Waals surface area contributed by atoms with Crippen LogP contribution in [-0.2, 0) is 9.53 Å². The summed E-state index contributed by atoms with van der Waals surface area (Å²) in [5, 5.41) is 1.02. The topological polar surface area (TPSA) is 48.4 Å². The number of fused-ring (bicyclic) bond motifs is 1. The highest BCUT2D eigenvalue weighted by atomic mass is 16.5. The Morgan fingerprint density at radius 3 is 2.82 bits per heavy atom. The van der Waals surface area contributed by atoms with Crippen LogP contribution in [0.2, 0.25) is 0 Å². The minimum absolute atomic E-state index is 0.0144. The Kier molecular flexibility index (Phi) is 6.19. The fourth-order valence-electron chi connectivity index (χ4n) is 2.07. The molecule has 0 aliphatic heterocycles. The van der Waals surface area contributed by atoms with E-state index in [0.29, 0.717) is 13.2 Å². The minimum Gasteiger partial charge on any atom is -0.493 e. The van der Waals surface area contributed by atoms with Gasteiger partial charge in [0.1, 0.15) is 5.75 Å². The smallest absolute Gasteiger partial charge is 0.308 e. The predicted octanol–water partition coefficient (Wildman–Crippen LogP) is 3.98. The van der Waals surface area contributed by atoms with Gasteiger partial charge in [-0.3, -0.25) is 9.78 Å². The van der Waals surface area contributed by atoms with Crippen molar-refractivity contribution in [2.45, 2.75) is 33.1 Å². The summed E-state index contributed by atoms with van der Waals surface area (Å²) in [5.41, 5.74) is 0.933. The summed E-state index contributed by atoms with van der Waals surface area (Å²) >= 11 is 0. The molecule has 1 unspecified atom stereocenters. The second-order valence-corrected chi connectivity index (χ2v) is 5.36. The predicted molar refractivity (Wildman–Crippen MR) is 86.9 cm³/mol. The standard InChI is InChI=1S/C18H23NO3/c1-3-14(2)18(20)22-13-5-4-12-21-17-10-6-9-16-15(17)8-7-11-19-16/h6-11,14H,3-5,12-13H2,1-2H3. The summed E-state index contributed by atoms with van der Waals surface area (Å²) in [4.78, 5) is 15.8. The van der Waals surface area contributed by atoms with Crippen LogP contribution in [0.25, 0.3) is 10.9 Å². The number of aromatic nitrogens is 1. The van der Waals surface area contributed by atoms with Gasteiger partial charge in [0.15, 0.2) is 0 Å². The second-order valence-electron chi connectivity index (χ2n) is 5.36. The van der Waals surface area contributed by atoms with Crippen LogP contribution in [0.1, 0.15) is 33.1 Å². The molecule has 1 aromatic heterocycles. The van der Waals surface area contributed by atoms with Crippen LogP contribution in [0.15, 0.2) is 36.5 Å². The monoisotopic (exact) mass is 301 g/mol. The van der Waals surface area contributed by atoms with Crippen molar-refractivity contribution in [2.24, 2.45) is 5.92 Å². The zero-order valence-corrected chi connectivity index (χ0v) is 13.2. The van der Waals surface area contributed by atoms with Crippen molar-refractivity contribution >= 4 is 16.9 Å². The van der Waals surface area contributed by atoms with Crippen LogP contribution in [0, 0.1) is 5.92 Å². The van der Waals surface area contributed by atoms with Gasteiger partial charge in [0.05, 0.1) is 24.6 Å². The Morgan fingerprint density at radius 1 is 1.18 bits per heavy atom. The number of ether oxygens (including phenoxy) is 2. The number of carbonyl (C=O) groups is 1. The quantitative estimate of drug-likeness (QED) is 0.546. The largest absolute Gasteiger partial charge is 0.493 e. The molecule has 4 heteroatoms. The number of unbranched alkanes of at least 4 members (excludes halogenated alkanes) is 1. The number of rotatable bonds is 8. The lowest BCUT2D eigenvalue weighted by atomic mass is 10.1. The van der Waals surface area contributed by atoms with E-state index < -0.39 is 0 Å². The third kappa shape index (κ3) is 4.45. The molecule has 0 fully saturated rings. The Bertz CT molecular complexity index is 607. The molecular formula is C18H23NO3. The highest BCUT2D eigenvalue weighted by molar-refractivity contribution is 5.84. The third-order valence-electron chi connectivity index (χ3n) is 3.66. The molecule has 0 spiro atoms. The molecule has 1 heterocycles. The fourth-order valence-corrected chi connectivity index (χ4v) is 2.07. The van der Waals surface area contributed by atoms with Gasteiger partial charge in [-0.25, -0.2) is 0 Å². The number of pyridine rings is 1. The van der Waals surface area contributed by atoms with Gasteiger partial charge in [0.25, 0.3) is 0 Å². The number of carbonyl (C=O) groups excluding carboxylic acids is 1. The molecule has 4 nitrogen and oxygen atoms in total. The van der Waals surface area contributed by atoms with Crippen molar-refractivity contribution in [2.75, 3.05) is 13.2 Å². The summed E-state index contributed by atoms with van der Waals surface area (Å²) in [6.07, 6.45) is 4.25. The van der Waals surface area contributed by atoms with Crippen molar-refractivity contribution in [3.63, 3.8) is 0 Å². The molecule has 0 saturated carbocycles. The second kappa shape index (κ2) is 8.37. The zero-order chi connectivity index (χ0) is 15.8. The van der Waals surface area contributed by atoms with Crippen LogP contribution < -0.4 is 4.74 Å². The maximum absolute atomic E-state index is 11.5. The van der Waals surface area contributed by atoms with E-state index in [1.807, 2.05) is 44.2 Å². The Balaban J connectivity index is 1.71. The van der Waals surface area contributed by atoms with Crippen LogP contribution in [0.4, 0.5) is 0 Å². The maximum Gasteiger partial charge on any atom is 0.308 e. The summed E-state index contributed by atoms with van der Waals surface area (Å²) in [6, 6.07) is 9.78. The summed E-state index contributed by atoms with van der Waals surface area (Å²) < 4.78 is 11.0. The van der Waals surface area contributed by atoms with Gasteiger partial charge in [-0.1, -0.05) is 19.9 Å². The number of hydrogen-bond acceptors (Lipinski definition) is 4. The Morgan fingerprint density at radius 2 is 2.00 bits per heavy atom. The molecule has 0 amide bonds. The first-order chi connectivity index (χ1) is 10.7. The molecular weight excluding hydrogens is 278 g/mol. The average molecular weight is 301 g/mol. The van der Waals surface area contributed by atoms with E-state index in [4.69, 9.17) is 9.47 Å². The molecule has 0 saturated heterocycles. The first-order valence-electron chi connectivity index (χ1n) is 7.85. The Labute approximate surface area is 131 Å². The molecule has 0 aliphatic rings. The van der Waals surface area contributed by atoms with Crippen molar-refractivity contribution in [1.82, 2.24) is 4.98 Å². The van der Waals surface area contributed by atoms with Gasteiger partial charge in [-0.2, -0.15) is 0 Å². The van der Waals surface area contributed by atoms with Gasteiger partial charge in [-0.15, -0.1) is 0 Å². The highest BCUT2D eigenvalue weighted by Gasteiger charge is 2.11. The van der Waals surface area contributed by atoms with Crippen LogP contribution in [0.3, 0.4) is 0 Å². The molecule has 0 N–H and O–H groups in total.